The van der Waals surface area contributed by atoms with Gasteiger partial charge in [-0.25, -0.2) is 0 Å². The average Bonchev–Trinajstić information content (AvgIpc) is 2.30. The Hall–Kier alpha value is -0.613. The van der Waals surface area contributed by atoms with E-state index >= 15 is 0 Å². The second kappa shape index (κ2) is 6.02. The normalized spacial score (nSPS) is 31.9. The predicted octanol–water partition coefficient (Wildman–Crippen LogP) is 4.15. The number of carbonyl (C=O) groups excluding carboxylic acids is 1. The van der Waals surface area contributed by atoms with E-state index in [9.17, 15) is 4.79 Å². The highest BCUT2D eigenvalue weighted by Gasteiger charge is 2.47. The Morgan fingerprint density at radius 2 is 1.90 bits per heavy atom. The maximum absolute atomic E-state index is 12.0. The van der Waals surface area contributed by atoms with E-state index < -0.39 is 8.32 Å². The Bertz CT molecular complexity index is 370. The topological polar surface area (TPSA) is 35.5 Å². The molecule has 1 aliphatic rings. The molecule has 0 unspecified atom stereocenters. The molecule has 0 bridgehead atoms. The van der Waals surface area contributed by atoms with Crippen LogP contribution < -0.4 is 0 Å². The molecular formula is C16H30O3Si. The summed E-state index contributed by atoms with van der Waals surface area (Å²) in [5.41, 5.74) is 0. The molecule has 0 radical (unpaired) electrons. The zero-order valence-corrected chi connectivity index (χ0v) is 15.0. The lowest BCUT2D eigenvalue weighted by Gasteiger charge is -2.46. The van der Waals surface area contributed by atoms with Gasteiger partial charge in [-0.05, 0) is 25.1 Å². The van der Waals surface area contributed by atoms with Crippen LogP contribution in [0.15, 0.2) is 12.7 Å². The molecule has 20 heavy (non-hydrogen) atoms. The minimum absolute atomic E-state index is 0.0536. The number of ether oxygens (including phenoxy) is 1. The van der Waals surface area contributed by atoms with Gasteiger partial charge in [0.15, 0.2) is 8.32 Å². The van der Waals surface area contributed by atoms with E-state index in [0.29, 0.717) is 6.42 Å². The molecule has 1 aliphatic heterocycles. The molecule has 4 heteroatoms. The molecule has 4 atom stereocenters. The average molecular weight is 298 g/mol. The molecule has 1 heterocycles. The third kappa shape index (κ3) is 3.53. The van der Waals surface area contributed by atoms with Crippen molar-refractivity contribution in [2.45, 2.75) is 71.4 Å². The summed E-state index contributed by atoms with van der Waals surface area (Å²) in [5.74, 6) is -0.131. The molecule has 0 spiro atoms. The SMILES string of the molecule is C=CC[C@@H]1OC(=O)[C@H](C)[C@H](O[Si](C)(C)C(C)(C)C)[C@@H]1C. The lowest BCUT2D eigenvalue weighted by molar-refractivity contribution is -0.175. The fourth-order valence-electron chi connectivity index (χ4n) is 2.32. The lowest BCUT2D eigenvalue weighted by Crippen LogP contribution is -2.54. The second-order valence-electron chi connectivity index (χ2n) is 7.49. The van der Waals surface area contributed by atoms with Gasteiger partial charge in [0.25, 0.3) is 0 Å². The van der Waals surface area contributed by atoms with Crippen LogP contribution in [-0.2, 0) is 14.0 Å². The fraction of sp³-hybridized carbons (Fsp3) is 0.812. The first-order valence-electron chi connectivity index (χ1n) is 7.50. The highest BCUT2D eigenvalue weighted by molar-refractivity contribution is 6.74. The molecule has 0 saturated carbocycles. The fourth-order valence-corrected chi connectivity index (χ4v) is 3.77. The first kappa shape index (κ1) is 17.4. The second-order valence-corrected chi connectivity index (χ2v) is 12.2. The van der Waals surface area contributed by atoms with Crippen LogP contribution in [0.2, 0.25) is 18.1 Å². The lowest BCUT2D eigenvalue weighted by atomic mass is 9.85. The summed E-state index contributed by atoms with van der Waals surface area (Å²) < 4.78 is 12.0. The summed E-state index contributed by atoms with van der Waals surface area (Å²) in [5, 5.41) is 0.141. The van der Waals surface area contributed by atoms with Gasteiger partial charge in [-0.15, -0.1) is 6.58 Å². The number of hydrogen-bond donors (Lipinski definition) is 0. The van der Waals surface area contributed by atoms with Crippen molar-refractivity contribution in [1.82, 2.24) is 0 Å². The van der Waals surface area contributed by atoms with Crippen molar-refractivity contribution >= 4 is 14.3 Å². The molecule has 0 aliphatic carbocycles. The van der Waals surface area contributed by atoms with Crippen LogP contribution >= 0.6 is 0 Å². The first-order chi connectivity index (χ1) is 9.01. The summed E-state index contributed by atoms with van der Waals surface area (Å²) in [4.78, 5) is 12.0. The minimum Gasteiger partial charge on any atom is -0.461 e. The number of rotatable bonds is 4. The van der Waals surface area contributed by atoms with Crippen LogP contribution in [-0.4, -0.2) is 26.5 Å². The van der Waals surface area contributed by atoms with E-state index in [-0.39, 0.29) is 35.1 Å². The van der Waals surface area contributed by atoms with Crippen molar-refractivity contribution in [2.24, 2.45) is 11.8 Å². The molecule has 1 saturated heterocycles. The largest absolute Gasteiger partial charge is 0.461 e. The highest BCUT2D eigenvalue weighted by atomic mass is 28.4. The Kier molecular flexibility index (Phi) is 5.25. The van der Waals surface area contributed by atoms with Crippen molar-refractivity contribution in [1.29, 1.82) is 0 Å². The Morgan fingerprint density at radius 3 is 2.35 bits per heavy atom. The summed E-state index contributed by atoms with van der Waals surface area (Å²) >= 11 is 0. The Labute approximate surface area is 124 Å². The van der Waals surface area contributed by atoms with Crippen molar-refractivity contribution in [3.8, 4) is 0 Å². The summed E-state index contributed by atoms with van der Waals surface area (Å²) in [6.07, 6.45) is 2.35. The van der Waals surface area contributed by atoms with E-state index in [1.165, 1.54) is 0 Å². The van der Waals surface area contributed by atoms with Gasteiger partial charge in [0, 0.05) is 12.3 Å². The van der Waals surface area contributed by atoms with Crippen molar-refractivity contribution < 1.29 is 14.0 Å². The predicted molar refractivity (Wildman–Crippen MR) is 85.1 cm³/mol. The van der Waals surface area contributed by atoms with Gasteiger partial charge in [-0.3, -0.25) is 4.79 Å². The molecule has 3 nitrogen and oxygen atoms in total. The molecule has 0 aromatic rings. The van der Waals surface area contributed by atoms with E-state index in [0.717, 1.165) is 0 Å². The zero-order valence-electron chi connectivity index (χ0n) is 14.0. The van der Waals surface area contributed by atoms with E-state index in [4.69, 9.17) is 9.16 Å². The van der Waals surface area contributed by atoms with Gasteiger partial charge in [0.05, 0.1) is 12.0 Å². The van der Waals surface area contributed by atoms with Gasteiger partial charge in [-0.1, -0.05) is 33.8 Å². The zero-order chi connectivity index (χ0) is 15.7. The highest BCUT2D eigenvalue weighted by Crippen LogP contribution is 2.41. The minimum atomic E-state index is -1.89. The van der Waals surface area contributed by atoms with Gasteiger partial charge in [0.2, 0.25) is 0 Å². The molecule has 116 valence electrons. The standard InChI is InChI=1S/C16H30O3Si/c1-9-10-13-11(2)14(12(3)15(17)18-13)19-20(7,8)16(4,5)6/h9,11-14H,1,10H2,2-8H3/t11-,12-,13+,14-/m1/s1. The van der Waals surface area contributed by atoms with Crippen LogP contribution in [0.1, 0.15) is 41.0 Å². The molecule has 0 amide bonds. The van der Waals surface area contributed by atoms with Crippen LogP contribution in [0.5, 0.6) is 0 Å². The Morgan fingerprint density at radius 1 is 1.35 bits per heavy atom. The monoisotopic (exact) mass is 298 g/mol. The van der Waals surface area contributed by atoms with Crippen LogP contribution in [0.3, 0.4) is 0 Å². The Balaban J connectivity index is 2.95. The van der Waals surface area contributed by atoms with Gasteiger partial charge < -0.3 is 9.16 Å². The first-order valence-corrected chi connectivity index (χ1v) is 10.4. The van der Waals surface area contributed by atoms with E-state index in [1.807, 2.05) is 13.0 Å². The third-order valence-electron chi connectivity index (χ3n) is 4.87. The van der Waals surface area contributed by atoms with Crippen LogP contribution in [0.25, 0.3) is 0 Å². The summed E-state index contributed by atoms with van der Waals surface area (Å²) in [6, 6.07) is 0. The van der Waals surface area contributed by atoms with Crippen LogP contribution in [0.4, 0.5) is 0 Å². The number of carbonyl (C=O) groups is 1. The molecule has 0 aromatic carbocycles. The van der Waals surface area contributed by atoms with Crippen molar-refractivity contribution in [3.63, 3.8) is 0 Å². The third-order valence-corrected chi connectivity index (χ3v) is 9.35. The van der Waals surface area contributed by atoms with Gasteiger partial charge in [-0.2, -0.15) is 0 Å². The molecule has 1 fully saturated rings. The molecule has 0 aromatic heterocycles. The van der Waals surface area contributed by atoms with Crippen molar-refractivity contribution in [3.05, 3.63) is 12.7 Å². The molecule has 1 rings (SSSR count). The van der Waals surface area contributed by atoms with E-state index in [1.54, 1.807) is 0 Å². The van der Waals surface area contributed by atoms with Gasteiger partial charge >= 0.3 is 5.97 Å². The maximum Gasteiger partial charge on any atom is 0.311 e. The smallest absolute Gasteiger partial charge is 0.311 e. The maximum atomic E-state index is 12.0. The summed E-state index contributed by atoms with van der Waals surface area (Å²) in [6.45, 7) is 18.9. The van der Waals surface area contributed by atoms with Crippen molar-refractivity contribution in [2.75, 3.05) is 0 Å². The number of cyclic esters (lactones) is 1. The van der Waals surface area contributed by atoms with E-state index in [2.05, 4.69) is 47.4 Å². The summed E-state index contributed by atoms with van der Waals surface area (Å²) in [7, 11) is -1.89. The van der Waals surface area contributed by atoms with Gasteiger partial charge in [0.1, 0.15) is 6.10 Å². The quantitative estimate of drug-likeness (QED) is 0.444. The number of esters is 1. The van der Waals surface area contributed by atoms with Crippen LogP contribution in [0, 0.1) is 11.8 Å². The number of hydrogen-bond acceptors (Lipinski definition) is 3. The molecule has 0 N–H and O–H groups in total. The molecular weight excluding hydrogens is 268 g/mol.